The predicted molar refractivity (Wildman–Crippen MR) is 75.9 cm³/mol. The second-order valence-corrected chi connectivity index (χ2v) is 4.74. The molecule has 0 fully saturated rings. The van der Waals surface area contributed by atoms with Gasteiger partial charge in [-0.05, 0) is 29.8 Å². The summed E-state index contributed by atoms with van der Waals surface area (Å²) < 4.78 is 12.0. The van der Waals surface area contributed by atoms with E-state index in [1.165, 1.54) is 0 Å². The highest BCUT2D eigenvalue weighted by Crippen LogP contribution is 2.29. The van der Waals surface area contributed by atoms with E-state index in [1.807, 2.05) is 24.3 Å². The van der Waals surface area contributed by atoms with Crippen molar-refractivity contribution < 1.29 is 9.47 Å². The van der Waals surface area contributed by atoms with Crippen LogP contribution in [0.4, 0.5) is 5.69 Å². The fraction of sp³-hybridized carbons (Fsp3) is 0.143. The molecular formula is C14H14BrNO2. The van der Waals surface area contributed by atoms with Crippen molar-refractivity contribution >= 4 is 21.6 Å². The molecule has 3 nitrogen and oxygen atoms in total. The van der Waals surface area contributed by atoms with E-state index in [4.69, 9.17) is 15.2 Å². The monoisotopic (exact) mass is 307 g/mol. The van der Waals surface area contributed by atoms with Crippen molar-refractivity contribution in [3.8, 4) is 11.5 Å². The topological polar surface area (TPSA) is 44.5 Å². The molecule has 0 radical (unpaired) electrons. The van der Waals surface area contributed by atoms with E-state index in [9.17, 15) is 0 Å². The minimum absolute atomic E-state index is 0.471. The van der Waals surface area contributed by atoms with Gasteiger partial charge in [-0.3, -0.25) is 0 Å². The number of halogens is 1. The fourth-order valence-electron chi connectivity index (χ4n) is 1.59. The number of nitrogens with two attached hydrogens (primary N) is 1. The Morgan fingerprint density at radius 3 is 2.67 bits per heavy atom. The molecule has 0 saturated heterocycles. The van der Waals surface area contributed by atoms with Crippen LogP contribution < -0.4 is 15.2 Å². The van der Waals surface area contributed by atoms with Crippen LogP contribution in [0, 0.1) is 0 Å². The standard InChI is InChI=1S/C14H14BrNO2/c1-17-13-6-5-12(16)8-14(13)18-9-10-3-2-4-11(15)7-10/h2-8H,9,16H2,1H3. The average molecular weight is 308 g/mol. The lowest BCUT2D eigenvalue weighted by atomic mass is 10.2. The predicted octanol–water partition coefficient (Wildman–Crippen LogP) is 3.62. The summed E-state index contributed by atoms with van der Waals surface area (Å²) in [5.41, 5.74) is 7.46. The van der Waals surface area contributed by atoms with Crippen molar-refractivity contribution in [2.75, 3.05) is 12.8 Å². The third-order valence-electron chi connectivity index (χ3n) is 2.47. The van der Waals surface area contributed by atoms with Gasteiger partial charge in [0, 0.05) is 16.2 Å². The van der Waals surface area contributed by atoms with Gasteiger partial charge in [0.15, 0.2) is 11.5 Å². The Hall–Kier alpha value is -1.68. The number of hydrogen-bond donors (Lipinski definition) is 1. The molecule has 0 aliphatic carbocycles. The molecule has 4 heteroatoms. The molecule has 2 N–H and O–H groups in total. The molecule has 0 heterocycles. The van der Waals surface area contributed by atoms with Crippen LogP contribution in [0.2, 0.25) is 0 Å². The van der Waals surface area contributed by atoms with Gasteiger partial charge in [0.2, 0.25) is 0 Å². The van der Waals surface area contributed by atoms with Crippen molar-refractivity contribution in [1.82, 2.24) is 0 Å². The Bertz CT molecular complexity index is 543. The molecule has 0 aromatic heterocycles. The van der Waals surface area contributed by atoms with Crippen molar-refractivity contribution in [2.24, 2.45) is 0 Å². The summed E-state index contributed by atoms with van der Waals surface area (Å²) in [6.45, 7) is 0.471. The second-order valence-electron chi connectivity index (χ2n) is 3.83. The summed E-state index contributed by atoms with van der Waals surface area (Å²) in [6, 6.07) is 13.3. The van der Waals surface area contributed by atoms with Gasteiger partial charge >= 0.3 is 0 Å². The highest BCUT2D eigenvalue weighted by molar-refractivity contribution is 9.10. The Kier molecular flexibility index (Phi) is 4.10. The van der Waals surface area contributed by atoms with E-state index in [2.05, 4.69) is 15.9 Å². The van der Waals surface area contributed by atoms with Gasteiger partial charge in [-0.2, -0.15) is 0 Å². The van der Waals surface area contributed by atoms with Gasteiger partial charge in [-0.25, -0.2) is 0 Å². The van der Waals surface area contributed by atoms with Crippen molar-refractivity contribution in [2.45, 2.75) is 6.61 Å². The SMILES string of the molecule is COc1ccc(N)cc1OCc1cccc(Br)c1. The van der Waals surface area contributed by atoms with Gasteiger partial charge in [0.25, 0.3) is 0 Å². The maximum absolute atomic E-state index is 5.73. The van der Waals surface area contributed by atoms with E-state index in [0.717, 1.165) is 10.0 Å². The molecule has 2 aromatic rings. The van der Waals surface area contributed by atoms with E-state index in [0.29, 0.717) is 23.8 Å². The summed E-state index contributed by atoms with van der Waals surface area (Å²) in [4.78, 5) is 0. The highest BCUT2D eigenvalue weighted by Gasteiger charge is 2.05. The van der Waals surface area contributed by atoms with Crippen LogP contribution in [0.25, 0.3) is 0 Å². The van der Waals surface area contributed by atoms with Crippen LogP contribution in [0.3, 0.4) is 0 Å². The number of nitrogen functional groups attached to an aromatic ring is 1. The first-order valence-electron chi connectivity index (χ1n) is 5.50. The molecule has 0 bridgehead atoms. The van der Waals surface area contributed by atoms with Gasteiger partial charge in [0.05, 0.1) is 7.11 Å². The normalized spacial score (nSPS) is 10.1. The molecule has 0 saturated carbocycles. The number of ether oxygens (including phenoxy) is 2. The van der Waals surface area contributed by atoms with Crippen LogP contribution in [-0.2, 0) is 6.61 Å². The zero-order chi connectivity index (χ0) is 13.0. The molecule has 0 unspecified atom stereocenters. The maximum Gasteiger partial charge on any atom is 0.163 e. The molecule has 2 aromatic carbocycles. The summed E-state index contributed by atoms with van der Waals surface area (Å²) in [5, 5.41) is 0. The zero-order valence-corrected chi connectivity index (χ0v) is 11.6. The van der Waals surface area contributed by atoms with Crippen LogP contribution in [0.15, 0.2) is 46.9 Å². The van der Waals surface area contributed by atoms with Gasteiger partial charge in [0.1, 0.15) is 6.61 Å². The van der Waals surface area contributed by atoms with Gasteiger partial charge in [-0.15, -0.1) is 0 Å². The zero-order valence-electron chi connectivity index (χ0n) is 10.0. The Morgan fingerprint density at radius 1 is 1.11 bits per heavy atom. The Balaban J connectivity index is 2.12. The summed E-state index contributed by atoms with van der Waals surface area (Å²) in [6.07, 6.45) is 0. The van der Waals surface area contributed by atoms with E-state index >= 15 is 0 Å². The largest absolute Gasteiger partial charge is 0.493 e. The lowest BCUT2D eigenvalue weighted by molar-refractivity contribution is 0.284. The first-order valence-corrected chi connectivity index (χ1v) is 6.29. The molecule has 94 valence electrons. The molecule has 2 rings (SSSR count). The second kappa shape index (κ2) is 5.78. The third-order valence-corrected chi connectivity index (χ3v) is 2.96. The van der Waals surface area contributed by atoms with Crippen LogP contribution in [0.5, 0.6) is 11.5 Å². The first kappa shape index (κ1) is 12.8. The molecular weight excluding hydrogens is 294 g/mol. The number of hydrogen-bond acceptors (Lipinski definition) is 3. The van der Waals surface area contributed by atoms with Crippen LogP contribution >= 0.6 is 15.9 Å². The Labute approximate surface area is 115 Å². The quantitative estimate of drug-likeness (QED) is 0.877. The molecule has 0 amide bonds. The van der Waals surface area contributed by atoms with Gasteiger partial charge in [-0.1, -0.05) is 28.1 Å². The minimum atomic E-state index is 0.471. The Morgan fingerprint density at radius 2 is 1.94 bits per heavy atom. The van der Waals surface area contributed by atoms with E-state index in [-0.39, 0.29) is 0 Å². The summed E-state index contributed by atoms with van der Waals surface area (Å²) in [7, 11) is 1.61. The number of anilines is 1. The smallest absolute Gasteiger partial charge is 0.163 e. The first-order chi connectivity index (χ1) is 8.69. The van der Waals surface area contributed by atoms with Gasteiger partial charge < -0.3 is 15.2 Å². The molecule has 18 heavy (non-hydrogen) atoms. The number of methoxy groups -OCH3 is 1. The van der Waals surface area contributed by atoms with Crippen LogP contribution in [-0.4, -0.2) is 7.11 Å². The third kappa shape index (κ3) is 3.17. The molecule has 0 aliphatic heterocycles. The maximum atomic E-state index is 5.73. The number of rotatable bonds is 4. The van der Waals surface area contributed by atoms with E-state index in [1.54, 1.807) is 25.3 Å². The molecule has 0 spiro atoms. The van der Waals surface area contributed by atoms with Crippen molar-refractivity contribution in [3.05, 3.63) is 52.5 Å². The van der Waals surface area contributed by atoms with Crippen molar-refractivity contribution in [1.29, 1.82) is 0 Å². The highest BCUT2D eigenvalue weighted by atomic mass is 79.9. The molecule has 0 atom stereocenters. The number of benzene rings is 2. The van der Waals surface area contributed by atoms with Crippen molar-refractivity contribution in [3.63, 3.8) is 0 Å². The fourth-order valence-corrected chi connectivity index (χ4v) is 2.04. The lowest BCUT2D eigenvalue weighted by Crippen LogP contribution is -1.98. The summed E-state index contributed by atoms with van der Waals surface area (Å²) in [5.74, 6) is 1.33. The molecule has 0 aliphatic rings. The summed E-state index contributed by atoms with van der Waals surface area (Å²) >= 11 is 3.43. The average Bonchev–Trinajstić information content (AvgIpc) is 2.37. The van der Waals surface area contributed by atoms with E-state index < -0.39 is 0 Å². The minimum Gasteiger partial charge on any atom is -0.493 e. The van der Waals surface area contributed by atoms with Crippen LogP contribution in [0.1, 0.15) is 5.56 Å². The lowest BCUT2D eigenvalue weighted by Gasteiger charge is -2.11.